The second-order valence-corrected chi connectivity index (χ2v) is 5.98. The Balaban J connectivity index is 1.75. The summed E-state index contributed by atoms with van der Waals surface area (Å²) in [5.41, 5.74) is 5.69. The number of rotatable bonds is 6. The Bertz CT molecular complexity index is 367. The molecule has 19 heavy (non-hydrogen) atoms. The van der Waals surface area contributed by atoms with Crippen LogP contribution in [0.3, 0.4) is 0 Å². The Morgan fingerprint density at radius 2 is 2.05 bits per heavy atom. The minimum Gasteiger partial charge on any atom is -0.492 e. The van der Waals surface area contributed by atoms with Gasteiger partial charge in [-0.3, -0.25) is 4.90 Å². The summed E-state index contributed by atoms with van der Waals surface area (Å²) in [5, 5.41) is 0. The van der Waals surface area contributed by atoms with E-state index in [0.717, 1.165) is 36.3 Å². The number of benzene rings is 1. The summed E-state index contributed by atoms with van der Waals surface area (Å²) >= 11 is 3.43. The Morgan fingerprint density at radius 1 is 1.26 bits per heavy atom. The van der Waals surface area contributed by atoms with Crippen molar-refractivity contribution in [3.63, 3.8) is 0 Å². The van der Waals surface area contributed by atoms with E-state index in [1.54, 1.807) is 0 Å². The van der Waals surface area contributed by atoms with E-state index in [1.165, 1.54) is 25.8 Å². The molecule has 0 saturated carbocycles. The number of piperidine rings is 1. The molecule has 0 bridgehead atoms. The van der Waals surface area contributed by atoms with Crippen LogP contribution in [0.5, 0.6) is 5.75 Å². The number of nitrogens with zero attached hydrogens (tertiary/aromatic N) is 1. The van der Waals surface area contributed by atoms with Gasteiger partial charge in [-0.1, -0.05) is 22.4 Å². The predicted octanol–water partition coefficient (Wildman–Crippen LogP) is 3.03. The molecule has 1 aliphatic rings. The topological polar surface area (TPSA) is 38.5 Å². The monoisotopic (exact) mass is 326 g/mol. The number of nitrogens with two attached hydrogens (primary N) is 1. The van der Waals surface area contributed by atoms with E-state index in [9.17, 15) is 0 Å². The van der Waals surface area contributed by atoms with E-state index in [1.807, 2.05) is 24.3 Å². The molecule has 1 unspecified atom stereocenters. The number of hydrogen-bond donors (Lipinski definition) is 1. The van der Waals surface area contributed by atoms with Crippen molar-refractivity contribution < 1.29 is 4.74 Å². The molecule has 2 N–H and O–H groups in total. The van der Waals surface area contributed by atoms with Crippen LogP contribution in [0.15, 0.2) is 28.7 Å². The SMILES string of the molecule is NCCC1CCCCN1CCOc1ccc(Br)cc1. The molecule has 106 valence electrons. The van der Waals surface area contributed by atoms with Gasteiger partial charge in [0.1, 0.15) is 12.4 Å². The molecule has 1 fully saturated rings. The molecule has 0 radical (unpaired) electrons. The predicted molar refractivity (Wildman–Crippen MR) is 82.5 cm³/mol. The Morgan fingerprint density at radius 3 is 2.79 bits per heavy atom. The average Bonchev–Trinajstić information content (AvgIpc) is 2.43. The molecular weight excluding hydrogens is 304 g/mol. The first-order valence-electron chi connectivity index (χ1n) is 7.12. The fourth-order valence-electron chi connectivity index (χ4n) is 2.69. The van der Waals surface area contributed by atoms with Gasteiger partial charge in [0.2, 0.25) is 0 Å². The van der Waals surface area contributed by atoms with Gasteiger partial charge in [-0.25, -0.2) is 0 Å². The zero-order valence-electron chi connectivity index (χ0n) is 11.4. The summed E-state index contributed by atoms with van der Waals surface area (Å²) < 4.78 is 6.88. The maximum Gasteiger partial charge on any atom is 0.119 e. The van der Waals surface area contributed by atoms with Gasteiger partial charge in [0.25, 0.3) is 0 Å². The summed E-state index contributed by atoms with van der Waals surface area (Å²) in [4.78, 5) is 2.54. The quantitative estimate of drug-likeness (QED) is 0.873. The lowest BCUT2D eigenvalue weighted by atomic mass is 9.99. The summed E-state index contributed by atoms with van der Waals surface area (Å²) in [7, 11) is 0. The van der Waals surface area contributed by atoms with Gasteiger partial charge in [0.05, 0.1) is 0 Å². The minimum absolute atomic E-state index is 0.660. The lowest BCUT2D eigenvalue weighted by Gasteiger charge is -2.35. The van der Waals surface area contributed by atoms with Crippen molar-refractivity contribution in [2.45, 2.75) is 31.7 Å². The number of likely N-dealkylation sites (tertiary alicyclic amines) is 1. The van der Waals surface area contributed by atoms with E-state index < -0.39 is 0 Å². The van der Waals surface area contributed by atoms with Crippen LogP contribution in [-0.2, 0) is 0 Å². The highest BCUT2D eigenvalue weighted by molar-refractivity contribution is 9.10. The number of hydrogen-bond acceptors (Lipinski definition) is 3. The van der Waals surface area contributed by atoms with Gasteiger partial charge >= 0.3 is 0 Å². The summed E-state index contributed by atoms with van der Waals surface area (Å²) in [6.45, 7) is 3.73. The average molecular weight is 327 g/mol. The second-order valence-electron chi connectivity index (χ2n) is 5.07. The third kappa shape index (κ3) is 4.79. The second kappa shape index (κ2) is 7.88. The molecule has 0 amide bonds. The van der Waals surface area contributed by atoms with Crippen molar-refractivity contribution in [1.29, 1.82) is 0 Å². The molecule has 4 heteroatoms. The lowest BCUT2D eigenvalue weighted by Crippen LogP contribution is -2.42. The molecule has 1 aliphatic heterocycles. The van der Waals surface area contributed by atoms with Crippen molar-refractivity contribution >= 4 is 15.9 Å². The molecule has 1 atom stereocenters. The number of ether oxygens (including phenoxy) is 1. The molecular formula is C15H23BrN2O. The van der Waals surface area contributed by atoms with Crippen LogP contribution in [0, 0.1) is 0 Å². The van der Waals surface area contributed by atoms with Crippen LogP contribution in [0.2, 0.25) is 0 Å². The fraction of sp³-hybridized carbons (Fsp3) is 0.600. The first-order chi connectivity index (χ1) is 9.29. The van der Waals surface area contributed by atoms with Gasteiger partial charge in [-0.2, -0.15) is 0 Å². The number of halogens is 1. The van der Waals surface area contributed by atoms with Crippen molar-refractivity contribution in [2.75, 3.05) is 26.2 Å². The van der Waals surface area contributed by atoms with E-state index >= 15 is 0 Å². The highest BCUT2D eigenvalue weighted by Crippen LogP contribution is 2.19. The van der Waals surface area contributed by atoms with Gasteiger partial charge < -0.3 is 10.5 Å². The van der Waals surface area contributed by atoms with Gasteiger partial charge in [-0.05, 0) is 56.6 Å². The molecule has 1 heterocycles. The van der Waals surface area contributed by atoms with Gasteiger partial charge in [-0.15, -0.1) is 0 Å². The summed E-state index contributed by atoms with van der Waals surface area (Å²) in [6, 6.07) is 8.67. The van der Waals surface area contributed by atoms with Crippen molar-refractivity contribution in [1.82, 2.24) is 4.90 Å². The van der Waals surface area contributed by atoms with Crippen molar-refractivity contribution in [3.8, 4) is 5.75 Å². The van der Waals surface area contributed by atoms with E-state index in [2.05, 4.69) is 20.8 Å². The van der Waals surface area contributed by atoms with Crippen molar-refractivity contribution in [3.05, 3.63) is 28.7 Å². The van der Waals surface area contributed by atoms with E-state index in [-0.39, 0.29) is 0 Å². The largest absolute Gasteiger partial charge is 0.492 e. The van der Waals surface area contributed by atoms with Crippen LogP contribution in [0.25, 0.3) is 0 Å². The summed E-state index contributed by atoms with van der Waals surface area (Å²) in [6.07, 6.45) is 5.04. The fourth-order valence-corrected chi connectivity index (χ4v) is 2.95. The van der Waals surface area contributed by atoms with Gasteiger partial charge in [0.15, 0.2) is 0 Å². The zero-order chi connectivity index (χ0) is 13.5. The molecule has 0 spiro atoms. The third-order valence-corrected chi connectivity index (χ3v) is 4.24. The van der Waals surface area contributed by atoms with Gasteiger partial charge in [0, 0.05) is 17.1 Å². The first kappa shape index (κ1) is 14.8. The van der Waals surface area contributed by atoms with Crippen LogP contribution in [0.1, 0.15) is 25.7 Å². The molecule has 1 aromatic rings. The zero-order valence-corrected chi connectivity index (χ0v) is 12.9. The normalized spacial score (nSPS) is 20.4. The molecule has 0 aliphatic carbocycles. The van der Waals surface area contributed by atoms with Crippen LogP contribution >= 0.6 is 15.9 Å². The molecule has 1 saturated heterocycles. The molecule has 3 nitrogen and oxygen atoms in total. The maximum absolute atomic E-state index is 5.80. The smallest absolute Gasteiger partial charge is 0.119 e. The molecule has 1 aromatic carbocycles. The van der Waals surface area contributed by atoms with E-state index in [4.69, 9.17) is 10.5 Å². The first-order valence-corrected chi connectivity index (χ1v) is 7.91. The Labute approximate surface area is 124 Å². The van der Waals surface area contributed by atoms with Crippen molar-refractivity contribution in [2.24, 2.45) is 5.73 Å². The Kier molecular flexibility index (Phi) is 6.14. The van der Waals surface area contributed by atoms with E-state index in [0.29, 0.717) is 6.04 Å². The summed E-state index contributed by atoms with van der Waals surface area (Å²) in [5.74, 6) is 0.940. The molecule has 0 aromatic heterocycles. The Hall–Kier alpha value is -0.580. The van der Waals surface area contributed by atoms with Crippen LogP contribution in [0.4, 0.5) is 0 Å². The van der Waals surface area contributed by atoms with Crippen LogP contribution < -0.4 is 10.5 Å². The third-order valence-electron chi connectivity index (χ3n) is 3.71. The molecule has 2 rings (SSSR count). The highest BCUT2D eigenvalue weighted by atomic mass is 79.9. The lowest BCUT2D eigenvalue weighted by molar-refractivity contribution is 0.118. The minimum atomic E-state index is 0.660. The standard InChI is InChI=1S/C15H23BrN2O/c16-13-4-6-15(7-5-13)19-12-11-18-10-2-1-3-14(18)8-9-17/h4-7,14H,1-3,8-12,17H2. The van der Waals surface area contributed by atoms with Crippen LogP contribution in [-0.4, -0.2) is 37.2 Å². The highest BCUT2D eigenvalue weighted by Gasteiger charge is 2.21. The maximum atomic E-state index is 5.80.